The van der Waals surface area contributed by atoms with E-state index < -0.39 is 0 Å². The summed E-state index contributed by atoms with van der Waals surface area (Å²) in [4.78, 5) is 0. The van der Waals surface area contributed by atoms with Crippen molar-refractivity contribution in [3.8, 4) is 11.1 Å². The normalized spacial score (nSPS) is 14.6. The SMILES string of the molecule is Fc1cc2c(c3c1-c1ccccc1C3)NCN2. The Kier molecular flexibility index (Phi) is 1.60. The quantitative estimate of drug-likeness (QED) is 0.615. The predicted molar refractivity (Wildman–Crippen MR) is 66.8 cm³/mol. The van der Waals surface area contributed by atoms with Gasteiger partial charge in [0, 0.05) is 12.0 Å². The molecule has 2 aliphatic rings. The molecule has 1 aliphatic carbocycles. The van der Waals surface area contributed by atoms with Crippen molar-refractivity contribution in [2.45, 2.75) is 6.42 Å². The molecule has 0 saturated carbocycles. The highest BCUT2D eigenvalue weighted by Gasteiger charge is 2.28. The van der Waals surface area contributed by atoms with Crippen molar-refractivity contribution >= 4 is 11.4 Å². The van der Waals surface area contributed by atoms with Crippen molar-refractivity contribution in [2.24, 2.45) is 0 Å². The van der Waals surface area contributed by atoms with E-state index in [0.717, 1.165) is 34.5 Å². The molecule has 0 radical (unpaired) electrons. The van der Waals surface area contributed by atoms with Crippen LogP contribution in [0, 0.1) is 5.82 Å². The van der Waals surface area contributed by atoms with Gasteiger partial charge in [0.25, 0.3) is 0 Å². The van der Waals surface area contributed by atoms with Crippen LogP contribution >= 0.6 is 0 Å². The molecular formula is C14H11FN2. The van der Waals surface area contributed by atoms with E-state index in [-0.39, 0.29) is 5.82 Å². The van der Waals surface area contributed by atoms with E-state index in [0.29, 0.717) is 6.67 Å². The number of hydrogen-bond donors (Lipinski definition) is 2. The van der Waals surface area contributed by atoms with Gasteiger partial charge in [-0.1, -0.05) is 24.3 Å². The van der Waals surface area contributed by atoms with Crippen LogP contribution in [-0.4, -0.2) is 6.67 Å². The van der Waals surface area contributed by atoms with Crippen molar-refractivity contribution in [1.29, 1.82) is 0 Å². The summed E-state index contributed by atoms with van der Waals surface area (Å²) in [6.45, 7) is 0.682. The average Bonchev–Trinajstić information content (AvgIpc) is 2.91. The highest BCUT2D eigenvalue weighted by Crippen LogP contribution is 2.46. The van der Waals surface area contributed by atoms with E-state index in [2.05, 4.69) is 16.7 Å². The Morgan fingerprint density at radius 3 is 2.94 bits per heavy atom. The lowest BCUT2D eigenvalue weighted by molar-refractivity contribution is 0.632. The summed E-state index contributed by atoms with van der Waals surface area (Å²) in [7, 11) is 0. The highest BCUT2D eigenvalue weighted by molar-refractivity contribution is 5.89. The zero-order valence-electron chi connectivity index (χ0n) is 9.18. The summed E-state index contributed by atoms with van der Waals surface area (Å²) in [5.74, 6) is -0.125. The number of rotatable bonds is 0. The summed E-state index contributed by atoms with van der Waals surface area (Å²) in [5, 5.41) is 6.43. The first-order valence-electron chi connectivity index (χ1n) is 5.76. The largest absolute Gasteiger partial charge is 0.366 e. The Bertz CT molecular complexity index is 634. The summed E-state index contributed by atoms with van der Waals surface area (Å²) in [6, 6.07) is 9.64. The number of anilines is 2. The molecule has 0 aromatic heterocycles. The van der Waals surface area contributed by atoms with Crippen LogP contribution in [0.5, 0.6) is 0 Å². The van der Waals surface area contributed by atoms with Gasteiger partial charge in [-0.15, -0.1) is 0 Å². The van der Waals surface area contributed by atoms with Gasteiger partial charge in [0.2, 0.25) is 0 Å². The zero-order chi connectivity index (χ0) is 11.4. The number of benzene rings is 2. The first-order valence-corrected chi connectivity index (χ1v) is 5.76. The molecule has 1 aliphatic heterocycles. The van der Waals surface area contributed by atoms with Gasteiger partial charge in [0.05, 0.1) is 18.0 Å². The van der Waals surface area contributed by atoms with Crippen molar-refractivity contribution in [1.82, 2.24) is 0 Å². The average molecular weight is 226 g/mol. The van der Waals surface area contributed by atoms with E-state index in [4.69, 9.17) is 0 Å². The summed E-state index contributed by atoms with van der Waals surface area (Å²) < 4.78 is 14.2. The Balaban J connectivity index is 2.06. The number of halogens is 1. The van der Waals surface area contributed by atoms with Crippen molar-refractivity contribution in [3.63, 3.8) is 0 Å². The fourth-order valence-electron chi connectivity index (χ4n) is 2.85. The molecule has 3 heteroatoms. The molecular weight excluding hydrogens is 215 g/mol. The molecule has 0 unspecified atom stereocenters. The molecule has 0 bridgehead atoms. The van der Waals surface area contributed by atoms with Crippen molar-refractivity contribution in [3.05, 3.63) is 47.3 Å². The van der Waals surface area contributed by atoms with Crippen LogP contribution in [-0.2, 0) is 6.42 Å². The van der Waals surface area contributed by atoms with Crippen LogP contribution in [0.1, 0.15) is 11.1 Å². The van der Waals surface area contributed by atoms with E-state index >= 15 is 0 Å². The topological polar surface area (TPSA) is 24.1 Å². The fraction of sp³-hybridized carbons (Fsp3) is 0.143. The molecule has 17 heavy (non-hydrogen) atoms. The second-order valence-corrected chi connectivity index (χ2v) is 4.50. The minimum atomic E-state index is -0.125. The van der Waals surface area contributed by atoms with Gasteiger partial charge < -0.3 is 10.6 Å². The van der Waals surface area contributed by atoms with Crippen LogP contribution in [0.3, 0.4) is 0 Å². The van der Waals surface area contributed by atoms with E-state index in [1.807, 2.05) is 18.2 Å². The number of nitrogens with one attached hydrogen (secondary N) is 2. The zero-order valence-corrected chi connectivity index (χ0v) is 9.18. The molecule has 0 fully saturated rings. The maximum atomic E-state index is 14.2. The lowest BCUT2D eigenvalue weighted by atomic mass is 10.0. The molecule has 84 valence electrons. The Morgan fingerprint density at radius 1 is 1.12 bits per heavy atom. The van der Waals surface area contributed by atoms with Gasteiger partial charge in [-0.05, 0) is 22.8 Å². The number of hydrogen-bond acceptors (Lipinski definition) is 2. The minimum Gasteiger partial charge on any atom is -0.366 e. The molecule has 2 aromatic carbocycles. The second kappa shape index (κ2) is 3.00. The third kappa shape index (κ3) is 1.08. The van der Waals surface area contributed by atoms with E-state index in [1.165, 1.54) is 5.56 Å². The third-order valence-corrected chi connectivity index (χ3v) is 3.58. The van der Waals surface area contributed by atoms with Gasteiger partial charge >= 0.3 is 0 Å². The molecule has 4 rings (SSSR count). The standard InChI is InChI=1S/C14H11FN2/c15-11-6-12-14(17-7-16-12)10-5-8-3-1-2-4-9(8)13(10)11/h1-4,6,16-17H,5,7H2. The van der Waals surface area contributed by atoms with Crippen LogP contribution in [0.15, 0.2) is 30.3 Å². The monoisotopic (exact) mass is 226 g/mol. The first kappa shape index (κ1) is 9.05. The third-order valence-electron chi connectivity index (χ3n) is 3.58. The van der Waals surface area contributed by atoms with E-state index in [1.54, 1.807) is 6.07 Å². The summed E-state index contributed by atoms with van der Waals surface area (Å²) in [5.41, 5.74) is 6.06. The smallest absolute Gasteiger partial charge is 0.133 e. The second-order valence-electron chi connectivity index (χ2n) is 4.50. The van der Waals surface area contributed by atoms with E-state index in [9.17, 15) is 4.39 Å². The van der Waals surface area contributed by atoms with Crippen LogP contribution < -0.4 is 10.6 Å². The van der Waals surface area contributed by atoms with Crippen LogP contribution in [0.4, 0.5) is 15.8 Å². The van der Waals surface area contributed by atoms with Gasteiger partial charge in [-0.25, -0.2) is 4.39 Å². The molecule has 1 heterocycles. The Morgan fingerprint density at radius 2 is 2.00 bits per heavy atom. The molecule has 0 saturated heterocycles. The van der Waals surface area contributed by atoms with Gasteiger partial charge in [0.15, 0.2) is 0 Å². The van der Waals surface area contributed by atoms with Gasteiger partial charge in [0.1, 0.15) is 5.82 Å². The van der Waals surface area contributed by atoms with Gasteiger partial charge in [-0.2, -0.15) is 0 Å². The lowest BCUT2D eigenvalue weighted by Gasteiger charge is -2.08. The molecule has 2 N–H and O–H groups in total. The number of fused-ring (bicyclic) bond motifs is 5. The maximum Gasteiger partial charge on any atom is 0.133 e. The molecule has 0 atom stereocenters. The molecule has 2 nitrogen and oxygen atoms in total. The molecule has 2 aromatic rings. The highest BCUT2D eigenvalue weighted by atomic mass is 19.1. The summed E-state index contributed by atoms with van der Waals surface area (Å²) >= 11 is 0. The van der Waals surface area contributed by atoms with Crippen molar-refractivity contribution < 1.29 is 4.39 Å². The van der Waals surface area contributed by atoms with Crippen molar-refractivity contribution in [2.75, 3.05) is 17.3 Å². The lowest BCUT2D eigenvalue weighted by Crippen LogP contribution is -1.99. The Labute approximate surface area is 98.5 Å². The molecule has 0 spiro atoms. The Hall–Kier alpha value is -2.03. The van der Waals surface area contributed by atoms with Crippen LogP contribution in [0.25, 0.3) is 11.1 Å². The first-order chi connectivity index (χ1) is 8.34. The van der Waals surface area contributed by atoms with Gasteiger partial charge in [-0.3, -0.25) is 0 Å². The fourth-order valence-corrected chi connectivity index (χ4v) is 2.85. The molecule has 0 amide bonds. The minimum absolute atomic E-state index is 0.125. The summed E-state index contributed by atoms with van der Waals surface area (Å²) in [6.07, 6.45) is 0.820. The predicted octanol–water partition coefficient (Wildman–Crippen LogP) is 3.19. The van der Waals surface area contributed by atoms with Crippen LogP contribution in [0.2, 0.25) is 0 Å². The maximum absolute atomic E-state index is 14.2.